The molecule has 1 aromatic carbocycles. The molecule has 1 unspecified atom stereocenters. The molecule has 23 heavy (non-hydrogen) atoms. The van der Waals surface area contributed by atoms with Crippen LogP contribution in [0.5, 0.6) is 0 Å². The highest BCUT2D eigenvalue weighted by molar-refractivity contribution is 7.89. The molecule has 1 amide bonds. The fourth-order valence-electron chi connectivity index (χ4n) is 2.26. The van der Waals surface area contributed by atoms with Gasteiger partial charge >= 0.3 is 5.97 Å². The number of primary sulfonamides is 1. The van der Waals surface area contributed by atoms with Crippen LogP contribution in [0.4, 0.5) is 5.69 Å². The number of carbonyl (C=O) groups excluding carboxylic acids is 2. The van der Waals surface area contributed by atoms with Crippen molar-refractivity contribution in [2.75, 3.05) is 18.1 Å². The monoisotopic (exact) mass is 338 g/mol. The van der Waals surface area contributed by atoms with E-state index in [-0.39, 0.29) is 18.9 Å². The van der Waals surface area contributed by atoms with Crippen LogP contribution in [-0.4, -0.2) is 38.7 Å². The summed E-state index contributed by atoms with van der Waals surface area (Å²) in [5.74, 6) is -0.707. The molecule has 1 aliphatic rings. The summed E-state index contributed by atoms with van der Waals surface area (Å²) in [6, 6.07) is 6.83. The molecule has 0 radical (unpaired) electrons. The fourth-order valence-corrected chi connectivity index (χ4v) is 3.00. The Bertz CT molecular complexity index is 725. The predicted octanol–water partition coefficient (Wildman–Crippen LogP) is 0.657. The topological polar surface area (TPSA) is 107 Å². The van der Waals surface area contributed by atoms with Crippen molar-refractivity contribution in [2.45, 2.75) is 18.6 Å². The molecule has 0 spiro atoms. The van der Waals surface area contributed by atoms with Crippen LogP contribution < -0.4 is 10.0 Å². The highest BCUT2D eigenvalue weighted by Crippen LogP contribution is 2.24. The lowest BCUT2D eigenvalue weighted by molar-refractivity contribution is -0.137. The molecule has 1 heterocycles. The summed E-state index contributed by atoms with van der Waals surface area (Å²) in [4.78, 5) is 24.6. The summed E-state index contributed by atoms with van der Waals surface area (Å²) in [7, 11) is -3.73. The first-order valence-corrected chi connectivity index (χ1v) is 8.69. The Hall–Kier alpha value is -2.19. The zero-order chi connectivity index (χ0) is 17.0. The lowest BCUT2D eigenvalue weighted by Gasteiger charge is -2.16. The maximum atomic E-state index is 11.9. The predicted molar refractivity (Wildman–Crippen MR) is 86.0 cm³/mol. The minimum absolute atomic E-state index is 0.0513. The van der Waals surface area contributed by atoms with Crippen LogP contribution in [0.1, 0.15) is 18.9 Å². The van der Waals surface area contributed by atoms with Gasteiger partial charge in [0.25, 0.3) is 0 Å². The van der Waals surface area contributed by atoms with Crippen LogP contribution >= 0.6 is 0 Å². The van der Waals surface area contributed by atoms with Crippen molar-refractivity contribution in [3.8, 4) is 0 Å². The van der Waals surface area contributed by atoms with E-state index in [1.165, 1.54) is 11.0 Å². The standard InChI is InChI=1S/C15H18N2O5S/c1-2-22-15(19)8-5-11-3-6-12(7-4-11)17-10-13(9-14(17)18)23(16,20)21/h3-8,13H,2,9-10H2,1H3,(H2,16,20,21)/b8-5+. The Labute approximate surface area is 134 Å². The number of nitrogens with zero attached hydrogens (tertiary/aromatic N) is 1. The van der Waals surface area contributed by atoms with Gasteiger partial charge in [0.2, 0.25) is 15.9 Å². The number of nitrogens with two attached hydrogens (primary N) is 1. The minimum atomic E-state index is -3.73. The third-order valence-corrected chi connectivity index (χ3v) is 4.70. The summed E-state index contributed by atoms with van der Waals surface area (Å²) in [5.41, 5.74) is 1.35. The molecule has 124 valence electrons. The molecular formula is C15H18N2O5S. The number of benzene rings is 1. The Kier molecular flexibility index (Phi) is 5.17. The molecule has 1 atom stereocenters. The SMILES string of the molecule is CCOC(=O)/C=C/c1ccc(N2CC(S(N)(=O)=O)CC2=O)cc1. The normalized spacial score (nSPS) is 18.6. The third kappa shape index (κ3) is 4.40. The van der Waals surface area contributed by atoms with Gasteiger partial charge in [-0.2, -0.15) is 0 Å². The van der Waals surface area contributed by atoms with Gasteiger partial charge in [0.1, 0.15) is 5.25 Å². The average molecular weight is 338 g/mol. The molecule has 0 aliphatic carbocycles. The summed E-state index contributed by atoms with van der Waals surface area (Å²) in [6.45, 7) is 2.09. The van der Waals surface area contributed by atoms with E-state index >= 15 is 0 Å². The van der Waals surface area contributed by atoms with Crippen LogP contribution in [0, 0.1) is 0 Å². The Morgan fingerprint density at radius 1 is 1.39 bits per heavy atom. The van der Waals surface area contributed by atoms with E-state index in [9.17, 15) is 18.0 Å². The van der Waals surface area contributed by atoms with Crippen molar-refractivity contribution < 1.29 is 22.7 Å². The van der Waals surface area contributed by atoms with Crippen LogP contribution in [0.15, 0.2) is 30.3 Å². The van der Waals surface area contributed by atoms with Gasteiger partial charge in [-0.15, -0.1) is 0 Å². The van der Waals surface area contributed by atoms with Crippen molar-refractivity contribution in [1.29, 1.82) is 0 Å². The second-order valence-corrected chi connectivity index (χ2v) is 6.94. The van der Waals surface area contributed by atoms with Crippen LogP contribution in [0.3, 0.4) is 0 Å². The molecule has 0 bridgehead atoms. The Morgan fingerprint density at radius 3 is 2.57 bits per heavy atom. The zero-order valence-corrected chi connectivity index (χ0v) is 13.5. The van der Waals surface area contributed by atoms with Crippen molar-refractivity contribution in [1.82, 2.24) is 0 Å². The summed E-state index contributed by atoms with van der Waals surface area (Å²) < 4.78 is 27.5. The summed E-state index contributed by atoms with van der Waals surface area (Å²) in [5, 5.41) is 4.22. The van der Waals surface area contributed by atoms with Gasteiger partial charge in [-0.3, -0.25) is 4.79 Å². The molecule has 8 heteroatoms. The number of rotatable bonds is 5. The highest BCUT2D eigenvalue weighted by atomic mass is 32.2. The summed E-state index contributed by atoms with van der Waals surface area (Å²) >= 11 is 0. The van der Waals surface area contributed by atoms with E-state index in [1.54, 1.807) is 37.3 Å². The van der Waals surface area contributed by atoms with Crippen LogP contribution in [0.25, 0.3) is 6.08 Å². The van der Waals surface area contributed by atoms with Gasteiger partial charge < -0.3 is 9.64 Å². The Balaban J connectivity index is 2.08. The van der Waals surface area contributed by atoms with E-state index in [0.29, 0.717) is 12.3 Å². The van der Waals surface area contributed by atoms with Crippen molar-refractivity contribution in [2.24, 2.45) is 5.14 Å². The number of ether oxygens (including phenoxy) is 1. The lowest BCUT2D eigenvalue weighted by atomic mass is 10.2. The molecule has 1 fully saturated rings. The van der Waals surface area contributed by atoms with Crippen LogP contribution in [-0.2, 0) is 24.3 Å². The lowest BCUT2D eigenvalue weighted by Crippen LogP contribution is -2.32. The maximum absolute atomic E-state index is 11.9. The number of esters is 1. The van der Waals surface area contributed by atoms with Gasteiger partial charge in [0.15, 0.2) is 0 Å². The molecule has 2 N–H and O–H groups in total. The van der Waals surface area contributed by atoms with Crippen LogP contribution in [0.2, 0.25) is 0 Å². The highest BCUT2D eigenvalue weighted by Gasteiger charge is 2.37. The number of hydrogen-bond donors (Lipinski definition) is 1. The second kappa shape index (κ2) is 6.93. The van der Waals surface area contributed by atoms with Gasteiger partial charge in [0, 0.05) is 24.7 Å². The fraction of sp³-hybridized carbons (Fsp3) is 0.333. The quantitative estimate of drug-likeness (QED) is 0.627. The van der Waals surface area contributed by atoms with Gasteiger partial charge in [-0.25, -0.2) is 18.4 Å². The van der Waals surface area contributed by atoms with E-state index in [2.05, 4.69) is 0 Å². The second-order valence-electron chi connectivity index (χ2n) is 5.10. The van der Waals surface area contributed by atoms with Crippen molar-refractivity contribution >= 4 is 33.7 Å². The molecule has 1 aromatic rings. The van der Waals surface area contributed by atoms with E-state index in [0.717, 1.165) is 5.56 Å². The Morgan fingerprint density at radius 2 is 2.04 bits per heavy atom. The molecule has 1 saturated heterocycles. The molecule has 7 nitrogen and oxygen atoms in total. The maximum Gasteiger partial charge on any atom is 0.330 e. The molecule has 0 aromatic heterocycles. The summed E-state index contributed by atoms with van der Waals surface area (Å²) in [6.07, 6.45) is 2.81. The minimum Gasteiger partial charge on any atom is -0.463 e. The van der Waals surface area contributed by atoms with Crippen molar-refractivity contribution in [3.63, 3.8) is 0 Å². The van der Waals surface area contributed by atoms with E-state index in [4.69, 9.17) is 9.88 Å². The van der Waals surface area contributed by atoms with Gasteiger partial charge in [0.05, 0.1) is 6.61 Å². The van der Waals surface area contributed by atoms with Crippen molar-refractivity contribution in [3.05, 3.63) is 35.9 Å². The van der Waals surface area contributed by atoms with E-state index in [1.807, 2.05) is 0 Å². The first-order chi connectivity index (χ1) is 10.8. The molecule has 1 aliphatic heterocycles. The number of hydrogen-bond acceptors (Lipinski definition) is 5. The molecule has 0 saturated carbocycles. The zero-order valence-electron chi connectivity index (χ0n) is 12.6. The molecule has 2 rings (SSSR count). The average Bonchev–Trinajstić information content (AvgIpc) is 2.88. The number of carbonyl (C=O) groups is 2. The van der Waals surface area contributed by atoms with Gasteiger partial charge in [-0.05, 0) is 30.7 Å². The first-order valence-electron chi connectivity index (χ1n) is 7.08. The number of anilines is 1. The number of sulfonamides is 1. The third-order valence-electron chi connectivity index (χ3n) is 3.46. The molecular weight excluding hydrogens is 320 g/mol. The smallest absolute Gasteiger partial charge is 0.330 e. The number of amides is 1. The van der Waals surface area contributed by atoms with E-state index < -0.39 is 21.2 Å². The first kappa shape index (κ1) is 17.2. The van der Waals surface area contributed by atoms with Gasteiger partial charge in [-0.1, -0.05) is 12.1 Å². The largest absolute Gasteiger partial charge is 0.463 e.